The monoisotopic (exact) mass is 299 g/mol. The van der Waals surface area contributed by atoms with Crippen molar-refractivity contribution in [2.75, 3.05) is 17.2 Å². The fourth-order valence-corrected chi connectivity index (χ4v) is 2.11. The Hall–Kier alpha value is -2.56. The van der Waals surface area contributed by atoms with Crippen LogP contribution in [0.3, 0.4) is 0 Å². The summed E-state index contributed by atoms with van der Waals surface area (Å²) in [5, 5.41) is 5.95. The first-order valence-electron chi connectivity index (χ1n) is 7.37. The Labute approximate surface area is 130 Å². The molecule has 0 saturated heterocycles. The number of pyridine rings is 1. The van der Waals surface area contributed by atoms with Gasteiger partial charge in [0.05, 0.1) is 18.5 Å². The topological polar surface area (TPSA) is 63.2 Å². The van der Waals surface area contributed by atoms with E-state index in [1.807, 2.05) is 24.3 Å². The van der Waals surface area contributed by atoms with E-state index in [1.165, 1.54) is 5.56 Å². The van der Waals surface area contributed by atoms with E-state index in [0.717, 1.165) is 12.2 Å². The predicted molar refractivity (Wildman–Crippen MR) is 88.1 cm³/mol. The molecule has 0 aliphatic rings. The van der Waals surface area contributed by atoms with Crippen LogP contribution in [0.4, 0.5) is 16.3 Å². The van der Waals surface area contributed by atoms with Gasteiger partial charge in [-0.3, -0.25) is 5.32 Å². The Morgan fingerprint density at radius 1 is 1.23 bits per heavy atom. The summed E-state index contributed by atoms with van der Waals surface area (Å²) in [7, 11) is 0. The van der Waals surface area contributed by atoms with Crippen molar-refractivity contribution in [3.8, 4) is 0 Å². The Balaban J connectivity index is 1.86. The molecule has 116 valence electrons. The van der Waals surface area contributed by atoms with Gasteiger partial charge < -0.3 is 10.1 Å². The minimum Gasteiger partial charge on any atom is -0.450 e. The van der Waals surface area contributed by atoms with Crippen LogP contribution >= 0.6 is 0 Å². The van der Waals surface area contributed by atoms with Crippen molar-refractivity contribution in [3.05, 3.63) is 54.2 Å². The fourth-order valence-electron chi connectivity index (χ4n) is 2.11. The predicted octanol–water partition coefficient (Wildman–Crippen LogP) is 3.69. The van der Waals surface area contributed by atoms with Crippen molar-refractivity contribution in [3.63, 3.8) is 0 Å². The van der Waals surface area contributed by atoms with E-state index in [0.29, 0.717) is 12.3 Å². The van der Waals surface area contributed by atoms with Gasteiger partial charge in [0.2, 0.25) is 0 Å². The summed E-state index contributed by atoms with van der Waals surface area (Å²) in [6.45, 7) is 4.22. The van der Waals surface area contributed by atoms with E-state index in [1.54, 1.807) is 19.2 Å². The number of anilines is 2. The number of hydrogen-bond acceptors (Lipinski definition) is 4. The zero-order chi connectivity index (χ0) is 15.8. The van der Waals surface area contributed by atoms with E-state index in [4.69, 9.17) is 4.74 Å². The van der Waals surface area contributed by atoms with Crippen molar-refractivity contribution in [2.24, 2.45) is 0 Å². The molecular weight excluding hydrogens is 278 g/mol. The fraction of sp³-hybridized carbons (Fsp3) is 0.294. The smallest absolute Gasteiger partial charge is 0.411 e. The number of ether oxygens (including phenoxy) is 1. The number of amides is 1. The van der Waals surface area contributed by atoms with Crippen LogP contribution in [0.1, 0.15) is 19.4 Å². The molecule has 0 aliphatic carbocycles. The van der Waals surface area contributed by atoms with Crippen molar-refractivity contribution in [1.29, 1.82) is 0 Å². The molecule has 1 heterocycles. The van der Waals surface area contributed by atoms with Gasteiger partial charge in [-0.2, -0.15) is 0 Å². The second-order valence-corrected chi connectivity index (χ2v) is 5.01. The summed E-state index contributed by atoms with van der Waals surface area (Å²) in [6.07, 6.45) is 2.06. The molecule has 0 radical (unpaired) electrons. The molecule has 1 unspecified atom stereocenters. The molecule has 1 aromatic heterocycles. The SMILES string of the molecule is CCOC(=O)Nc1ccc(NC(C)Cc2ccccc2)nc1. The first kappa shape index (κ1) is 15.8. The van der Waals surface area contributed by atoms with Crippen molar-refractivity contribution in [2.45, 2.75) is 26.3 Å². The second kappa shape index (κ2) is 8.02. The van der Waals surface area contributed by atoms with Crippen molar-refractivity contribution < 1.29 is 9.53 Å². The highest BCUT2D eigenvalue weighted by molar-refractivity contribution is 5.84. The molecular formula is C17H21N3O2. The lowest BCUT2D eigenvalue weighted by Gasteiger charge is -2.15. The molecule has 0 bridgehead atoms. The van der Waals surface area contributed by atoms with Crippen LogP contribution in [0, 0.1) is 0 Å². The van der Waals surface area contributed by atoms with E-state index in [-0.39, 0.29) is 6.04 Å². The maximum Gasteiger partial charge on any atom is 0.411 e. The highest BCUT2D eigenvalue weighted by Gasteiger charge is 2.06. The summed E-state index contributed by atoms with van der Waals surface area (Å²) >= 11 is 0. The number of carbonyl (C=O) groups is 1. The van der Waals surface area contributed by atoms with Gasteiger partial charge >= 0.3 is 6.09 Å². The number of nitrogens with one attached hydrogen (secondary N) is 2. The normalized spacial score (nSPS) is 11.5. The first-order chi connectivity index (χ1) is 10.7. The summed E-state index contributed by atoms with van der Waals surface area (Å²) in [4.78, 5) is 15.6. The zero-order valence-electron chi connectivity index (χ0n) is 12.9. The highest BCUT2D eigenvalue weighted by Crippen LogP contribution is 2.12. The Kier molecular flexibility index (Phi) is 5.77. The van der Waals surface area contributed by atoms with Gasteiger partial charge in [-0.15, -0.1) is 0 Å². The Morgan fingerprint density at radius 2 is 2.00 bits per heavy atom. The largest absolute Gasteiger partial charge is 0.450 e. The number of carbonyl (C=O) groups excluding carboxylic acids is 1. The van der Waals surface area contributed by atoms with Crippen LogP contribution in [0.25, 0.3) is 0 Å². The number of benzene rings is 1. The van der Waals surface area contributed by atoms with E-state index < -0.39 is 6.09 Å². The lowest BCUT2D eigenvalue weighted by atomic mass is 10.1. The molecule has 5 heteroatoms. The van der Waals surface area contributed by atoms with Crippen molar-refractivity contribution >= 4 is 17.6 Å². The second-order valence-electron chi connectivity index (χ2n) is 5.01. The summed E-state index contributed by atoms with van der Waals surface area (Å²) in [6, 6.07) is 14.2. The quantitative estimate of drug-likeness (QED) is 0.854. The van der Waals surface area contributed by atoms with E-state index >= 15 is 0 Å². The molecule has 5 nitrogen and oxygen atoms in total. The zero-order valence-corrected chi connectivity index (χ0v) is 12.9. The maximum atomic E-state index is 11.3. The average Bonchev–Trinajstić information content (AvgIpc) is 2.50. The van der Waals surface area contributed by atoms with Gasteiger partial charge in [0.25, 0.3) is 0 Å². The molecule has 2 rings (SSSR count). The minimum atomic E-state index is -0.470. The molecule has 0 saturated carbocycles. The van der Waals surface area contributed by atoms with Crippen LogP contribution in [0.2, 0.25) is 0 Å². The highest BCUT2D eigenvalue weighted by atomic mass is 16.5. The summed E-state index contributed by atoms with van der Waals surface area (Å²) in [5.74, 6) is 0.776. The lowest BCUT2D eigenvalue weighted by Crippen LogP contribution is -2.19. The molecule has 1 atom stereocenters. The summed E-state index contributed by atoms with van der Waals surface area (Å²) in [5.41, 5.74) is 1.89. The van der Waals surface area contributed by atoms with Gasteiger partial charge in [0.15, 0.2) is 0 Å². The van der Waals surface area contributed by atoms with Crippen LogP contribution in [0.5, 0.6) is 0 Å². The third-order valence-electron chi connectivity index (χ3n) is 3.06. The molecule has 2 N–H and O–H groups in total. The molecule has 0 spiro atoms. The molecule has 1 aromatic carbocycles. The van der Waals surface area contributed by atoms with Gasteiger partial charge in [-0.25, -0.2) is 9.78 Å². The number of nitrogens with zero attached hydrogens (tertiary/aromatic N) is 1. The lowest BCUT2D eigenvalue weighted by molar-refractivity contribution is 0.168. The maximum absolute atomic E-state index is 11.3. The van der Waals surface area contributed by atoms with Gasteiger partial charge in [0.1, 0.15) is 5.82 Å². The number of hydrogen-bond donors (Lipinski definition) is 2. The van der Waals surface area contributed by atoms with Crippen LogP contribution < -0.4 is 10.6 Å². The number of aromatic nitrogens is 1. The van der Waals surface area contributed by atoms with E-state index in [2.05, 4.69) is 34.7 Å². The Bertz CT molecular complexity index is 585. The third-order valence-corrected chi connectivity index (χ3v) is 3.06. The molecule has 0 aliphatic heterocycles. The minimum absolute atomic E-state index is 0.263. The molecule has 0 fully saturated rings. The van der Waals surface area contributed by atoms with E-state index in [9.17, 15) is 4.79 Å². The first-order valence-corrected chi connectivity index (χ1v) is 7.37. The summed E-state index contributed by atoms with van der Waals surface area (Å²) < 4.78 is 4.81. The van der Waals surface area contributed by atoms with Crippen LogP contribution in [0.15, 0.2) is 48.7 Å². The molecule has 22 heavy (non-hydrogen) atoms. The standard InChI is InChI=1S/C17H21N3O2/c1-3-22-17(21)20-15-9-10-16(18-12-15)19-13(2)11-14-7-5-4-6-8-14/h4-10,12-13H,3,11H2,1-2H3,(H,18,19)(H,20,21). The van der Waals surface area contributed by atoms with Crippen LogP contribution in [-0.4, -0.2) is 23.7 Å². The van der Waals surface area contributed by atoms with Crippen LogP contribution in [-0.2, 0) is 11.2 Å². The molecule has 1 amide bonds. The van der Waals surface area contributed by atoms with Crippen molar-refractivity contribution in [1.82, 2.24) is 4.98 Å². The average molecular weight is 299 g/mol. The Morgan fingerprint density at radius 3 is 2.64 bits per heavy atom. The van der Waals surface area contributed by atoms with Gasteiger partial charge in [0, 0.05) is 6.04 Å². The van der Waals surface area contributed by atoms with Gasteiger partial charge in [-0.05, 0) is 38.0 Å². The third kappa shape index (κ3) is 5.09. The number of rotatable bonds is 6. The van der Waals surface area contributed by atoms with Gasteiger partial charge in [-0.1, -0.05) is 30.3 Å². The molecule has 2 aromatic rings.